The van der Waals surface area contributed by atoms with Crippen molar-refractivity contribution in [1.82, 2.24) is 4.98 Å². The highest BCUT2D eigenvalue weighted by Gasteiger charge is 2.38. The summed E-state index contributed by atoms with van der Waals surface area (Å²) in [5.41, 5.74) is -2.25. The molecule has 1 aromatic heterocycles. The molecule has 0 spiro atoms. The number of hydrogen-bond donors (Lipinski definition) is 1. The predicted molar refractivity (Wildman–Crippen MR) is 145 cm³/mol. The van der Waals surface area contributed by atoms with Gasteiger partial charge in [-0.15, -0.1) is 0 Å². The number of halogens is 4. The maximum Gasteiger partial charge on any atom is 0.421 e. The van der Waals surface area contributed by atoms with Crippen molar-refractivity contribution in [2.45, 2.75) is 51.2 Å². The summed E-state index contributed by atoms with van der Waals surface area (Å²) < 4.78 is 77.8. The van der Waals surface area contributed by atoms with Crippen LogP contribution in [0.2, 0.25) is 0 Å². The number of amides is 1. The molecule has 2 aromatic rings. The zero-order valence-electron chi connectivity index (χ0n) is 24.2. The van der Waals surface area contributed by atoms with Gasteiger partial charge in [-0.3, -0.25) is 9.59 Å². The van der Waals surface area contributed by atoms with Crippen LogP contribution in [-0.4, -0.2) is 68.5 Å². The summed E-state index contributed by atoms with van der Waals surface area (Å²) >= 11 is 0. The quantitative estimate of drug-likeness (QED) is 0.252. The van der Waals surface area contributed by atoms with Gasteiger partial charge in [-0.2, -0.15) is 13.2 Å². The fourth-order valence-electron chi connectivity index (χ4n) is 5.03. The Hall–Kier alpha value is -3.78. The second kappa shape index (κ2) is 14.6. The molecule has 3 rings (SSSR count). The number of carbonyl (C=O) groups is 3. The number of aliphatic carboxylic acids is 1. The standard InChI is InChI=1S/C29H34F4N2O8/c1-16-5-7-18(8-6-16)27(38)35(19(14-40-2)15-41-3)23-12-22(30)24(11-20(23)28(39)42-4)43-26-21(29(31,32)33)9-17(13-34-26)10-25(36)37/h9,11-13,16,18-19H,5-8,10,14-15H2,1-4H3,(H,36,37)/t16-,18-. The van der Waals surface area contributed by atoms with E-state index in [4.69, 9.17) is 24.1 Å². The van der Waals surface area contributed by atoms with E-state index in [-0.39, 0.29) is 35.9 Å². The first-order valence-corrected chi connectivity index (χ1v) is 13.5. The number of carbonyl (C=O) groups excluding carboxylic acids is 2. The summed E-state index contributed by atoms with van der Waals surface area (Å²) in [6.45, 7) is 2.01. The Bertz CT molecular complexity index is 1310. The van der Waals surface area contributed by atoms with E-state index in [0.29, 0.717) is 24.8 Å². The number of benzene rings is 1. The van der Waals surface area contributed by atoms with Crippen LogP contribution in [0.1, 0.15) is 54.1 Å². The van der Waals surface area contributed by atoms with Crippen molar-refractivity contribution >= 4 is 23.5 Å². The fraction of sp³-hybridized carbons (Fsp3) is 0.517. The number of carboxylic acids is 1. The molecule has 43 heavy (non-hydrogen) atoms. The van der Waals surface area contributed by atoms with Crippen LogP contribution in [0, 0.1) is 17.7 Å². The molecule has 0 atom stereocenters. The molecule has 0 bridgehead atoms. The highest BCUT2D eigenvalue weighted by molar-refractivity contribution is 6.04. The zero-order chi connectivity index (χ0) is 31.9. The molecule has 14 heteroatoms. The van der Waals surface area contributed by atoms with E-state index < -0.39 is 59.5 Å². The first kappa shape index (κ1) is 33.7. The molecule has 10 nitrogen and oxygen atoms in total. The van der Waals surface area contributed by atoms with Crippen molar-refractivity contribution in [2.75, 3.05) is 39.4 Å². The Balaban J connectivity index is 2.15. The lowest BCUT2D eigenvalue weighted by Gasteiger charge is -2.36. The summed E-state index contributed by atoms with van der Waals surface area (Å²) in [4.78, 5) is 42.7. The summed E-state index contributed by atoms with van der Waals surface area (Å²) in [5, 5.41) is 8.94. The van der Waals surface area contributed by atoms with Crippen LogP contribution in [0.25, 0.3) is 0 Å². The third-order valence-electron chi connectivity index (χ3n) is 7.18. The molecule has 1 fully saturated rings. The number of hydrogen-bond acceptors (Lipinski definition) is 8. The maximum atomic E-state index is 15.7. The first-order chi connectivity index (χ1) is 20.3. The van der Waals surface area contributed by atoms with E-state index in [1.54, 1.807) is 0 Å². The van der Waals surface area contributed by atoms with Crippen molar-refractivity contribution in [3.05, 3.63) is 46.9 Å². The fourth-order valence-corrected chi connectivity index (χ4v) is 5.03. The van der Waals surface area contributed by atoms with Gasteiger partial charge >= 0.3 is 18.1 Å². The molecule has 0 aliphatic heterocycles. The second-order valence-corrected chi connectivity index (χ2v) is 10.4. The van der Waals surface area contributed by atoms with Crippen molar-refractivity contribution in [3.8, 4) is 11.6 Å². The summed E-state index contributed by atoms with van der Waals surface area (Å²) in [7, 11) is 3.86. The van der Waals surface area contributed by atoms with Crippen molar-refractivity contribution in [3.63, 3.8) is 0 Å². The molecule has 0 unspecified atom stereocenters. The average Bonchev–Trinajstić information content (AvgIpc) is 2.94. The van der Waals surface area contributed by atoms with E-state index in [1.807, 2.05) is 0 Å². The summed E-state index contributed by atoms with van der Waals surface area (Å²) in [5.74, 6) is -5.85. The van der Waals surface area contributed by atoms with Crippen LogP contribution in [0.5, 0.6) is 11.6 Å². The largest absolute Gasteiger partial charge is 0.481 e. The number of ether oxygens (including phenoxy) is 4. The number of nitrogens with zero attached hydrogens (tertiary/aromatic N) is 2. The van der Waals surface area contributed by atoms with Crippen LogP contribution in [0.3, 0.4) is 0 Å². The Morgan fingerprint density at radius 2 is 1.67 bits per heavy atom. The molecule has 1 N–H and O–H groups in total. The number of rotatable bonds is 12. The van der Waals surface area contributed by atoms with Crippen LogP contribution in [0.15, 0.2) is 24.4 Å². The van der Waals surface area contributed by atoms with Gasteiger partial charge in [0.15, 0.2) is 11.6 Å². The second-order valence-electron chi connectivity index (χ2n) is 10.4. The number of esters is 1. The maximum absolute atomic E-state index is 15.7. The molecular formula is C29H34F4N2O8. The zero-order valence-corrected chi connectivity index (χ0v) is 24.2. The lowest BCUT2D eigenvalue weighted by molar-refractivity contribution is -0.139. The predicted octanol–water partition coefficient (Wildman–Crippen LogP) is 5.27. The average molecular weight is 615 g/mol. The van der Waals surface area contributed by atoms with Crippen molar-refractivity contribution < 1.29 is 56.0 Å². The van der Waals surface area contributed by atoms with Gasteiger partial charge in [-0.1, -0.05) is 6.92 Å². The van der Waals surface area contributed by atoms with Crippen molar-refractivity contribution in [1.29, 1.82) is 0 Å². The molecule has 1 amide bonds. The first-order valence-electron chi connectivity index (χ1n) is 13.5. The molecule has 236 valence electrons. The molecule has 1 saturated carbocycles. The third-order valence-corrected chi connectivity index (χ3v) is 7.18. The normalized spacial score (nSPS) is 17.0. The minimum absolute atomic E-state index is 0.0370. The minimum atomic E-state index is -5.04. The Labute approximate surface area is 245 Å². The van der Waals surface area contributed by atoms with Crippen LogP contribution in [-0.2, 0) is 36.4 Å². The van der Waals surface area contributed by atoms with E-state index >= 15 is 4.39 Å². The number of alkyl halides is 3. The van der Waals surface area contributed by atoms with Crippen LogP contribution >= 0.6 is 0 Å². The Kier molecular flexibility index (Phi) is 11.4. The summed E-state index contributed by atoms with van der Waals surface area (Å²) in [6, 6.07) is 1.39. The number of pyridine rings is 1. The molecule has 1 aromatic carbocycles. The van der Waals surface area contributed by atoms with E-state index in [1.165, 1.54) is 19.1 Å². The van der Waals surface area contributed by atoms with Crippen molar-refractivity contribution in [2.24, 2.45) is 11.8 Å². The van der Waals surface area contributed by atoms with Gasteiger partial charge in [0.2, 0.25) is 11.8 Å². The van der Waals surface area contributed by atoms with Gasteiger partial charge in [-0.25, -0.2) is 14.2 Å². The van der Waals surface area contributed by atoms with E-state index in [0.717, 1.165) is 38.3 Å². The van der Waals surface area contributed by atoms with E-state index in [9.17, 15) is 27.6 Å². The van der Waals surface area contributed by atoms with Gasteiger partial charge in [0, 0.05) is 38.5 Å². The Morgan fingerprint density at radius 3 is 2.21 bits per heavy atom. The van der Waals surface area contributed by atoms with Gasteiger partial charge in [0.05, 0.1) is 44.0 Å². The lowest BCUT2D eigenvalue weighted by Crippen LogP contribution is -2.49. The molecule has 1 aliphatic rings. The smallest absolute Gasteiger partial charge is 0.421 e. The minimum Gasteiger partial charge on any atom is -0.481 e. The monoisotopic (exact) mass is 614 g/mol. The molecule has 1 heterocycles. The number of carboxylic acid groups (broad SMARTS) is 1. The van der Waals surface area contributed by atoms with Gasteiger partial charge in [-0.05, 0) is 43.2 Å². The molecular weight excluding hydrogens is 580 g/mol. The third kappa shape index (κ3) is 8.41. The lowest BCUT2D eigenvalue weighted by atomic mass is 9.82. The van der Waals surface area contributed by atoms with Crippen LogP contribution < -0.4 is 9.64 Å². The van der Waals surface area contributed by atoms with Gasteiger partial charge < -0.3 is 29.0 Å². The number of anilines is 1. The molecule has 0 saturated heterocycles. The SMILES string of the molecule is COCC(COC)N(c1cc(F)c(Oc2ncc(CC(=O)O)cc2C(F)(F)F)cc1C(=O)OC)C(=O)[C@H]1CC[C@H](C)CC1. The highest BCUT2D eigenvalue weighted by atomic mass is 19.4. The highest BCUT2D eigenvalue weighted by Crippen LogP contribution is 2.40. The Morgan fingerprint density at radius 1 is 1.05 bits per heavy atom. The van der Waals surface area contributed by atoms with Crippen LogP contribution in [0.4, 0.5) is 23.2 Å². The topological polar surface area (TPSA) is 124 Å². The van der Waals surface area contributed by atoms with Gasteiger partial charge in [0.1, 0.15) is 5.56 Å². The van der Waals surface area contributed by atoms with E-state index in [2.05, 4.69) is 11.9 Å². The number of methoxy groups -OCH3 is 3. The molecule has 0 radical (unpaired) electrons. The summed E-state index contributed by atoms with van der Waals surface area (Å²) in [6.07, 6.45) is -2.17. The molecule has 1 aliphatic carbocycles. The number of aromatic nitrogens is 1. The van der Waals surface area contributed by atoms with Gasteiger partial charge in [0.25, 0.3) is 0 Å².